The van der Waals surface area contributed by atoms with E-state index in [1.165, 1.54) is 0 Å². The van der Waals surface area contributed by atoms with Gasteiger partial charge < -0.3 is 0 Å². The van der Waals surface area contributed by atoms with Crippen molar-refractivity contribution in [3.05, 3.63) is 30.3 Å². The Kier molecular flexibility index (Phi) is 2.18. The van der Waals surface area contributed by atoms with Gasteiger partial charge in [-0.1, -0.05) is 23.3 Å². The van der Waals surface area contributed by atoms with Gasteiger partial charge in [0.15, 0.2) is 0 Å². The molecule has 1 heterocycles. The summed E-state index contributed by atoms with van der Waals surface area (Å²) in [7, 11) is 0. The van der Waals surface area contributed by atoms with Crippen LogP contribution in [0.25, 0.3) is 0 Å². The van der Waals surface area contributed by atoms with Crippen molar-refractivity contribution in [2.24, 2.45) is 15.2 Å². The molecule has 0 N–H and O–H groups in total. The number of hydrogen-bond acceptors (Lipinski definition) is 3. The Morgan fingerprint density at radius 2 is 1.92 bits per heavy atom. The first-order valence-corrected chi connectivity index (χ1v) is 4.43. The fourth-order valence-corrected chi connectivity index (χ4v) is 1.33. The average Bonchev–Trinajstić information content (AvgIpc) is 2.53. The summed E-state index contributed by atoms with van der Waals surface area (Å²) in [6.07, 6.45) is 0. The molecule has 0 saturated carbocycles. The van der Waals surface area contributed by atoms with Crippen LogP contribution in [0.5, 0.6) is 0 Å². The van der Waals surface area contributed by atoms with Crippen molar-refractivity contribution in [3.63, 3.8) is 0 Å². The summed E-state index contributed by atoms with van der Waals surface area (Å²) >= 11 is 0.938. The predicted octanol–water partition coefficient (Wildman–Crippen LogP) is 2.99. The normalized spacial score (nSPS) is 18.5. The summed E-state index contributed by atoms with van der Waals surface area (Å²) in [4.78, 5) is 14.8. The van der Waals surface area contributed by atoms with Gasteiger partial charge in [0.25, 0.3) is 0 Å². The number of aliphatic imine (C=N–C) groups is 1. The number of carbonyl (C=O) groups is 1. The second-order valence-corrected chi connectivity index (χ2v) is 3.22. The number of azo groups is 1. The van der Waals surface area contributed by atoms with Crippen molar-refractivity contribution in [2.45, 2.75) is 0 Å². The van der Waals surface area contributed by atoms with Gasteiger partial charge in [-0.25, -0.2) is 4.99 Å². The molecule has 1 amide bonds. The van der Waals surface area contributed by atoms with Crippen LogP contribution in [-0.4, -0.2) is 10.4 Å². The first-order chi connectivity index (χ1) is 6.34. The molecule has 5 heteroatoms. The highest BCUT2D eigenvalue weighted by Crippen LogP contribution is 2.21. The summed E-state index contributed by atoms with van der Waals surface area (Å²) in [6, 6.07) is 9.33. The summed E-state index contributed by atoms with van der Waals surface area (Å²) in [6.45, 7) is 0. The Bertz CT molecular complexity index is 386. The Labute approximate surface area is 78.8 Å². The lowest BCUT2D eigenvalue weighted by Crippen LogP contribution is -1.80. The number of amidine groups is 1. The molecular formula is C8H5N3OS. The number of thioether (sulfide) groups is 1. The van der Waals surface area contributed by atoms with Crippen LogP contribution in [-0.2, 0) is 0 Å². The summed E-state index contributed by atoms with van der Waals surface area (Å²) in [5.41, 5.74) is 0.777. The third-order valence-corrected chi connectivity index (χ3v) is 1.99. The molecule has 13 heavy (non-hydrogen) atoms. The zero-order chi connectivity index (χ0) is 9.10. The molecule has 0 fully saturated rings. The van der Waals surface area contributed by atoms with Crippen molar-refractivity contribution in [2.75, 3.05) is 0 Å². The molecule has 0 bridgehead atoms. The van der Waals surface area contributed by atoms with E-state index in [4.69, 9.17) is 0 Å². The lowest BCUT2D eigenvalue weighted by atomic mass is 10.3. The molecular weight excluding hydrogens is 186 g/mol. The maximum absolute atomic E-state index is 10.7. The van der Waals surface area contributed by atoms with E-state index in [1.54, 1.807) is 0 Å². The third kappa shape index (κ3) is 2.00. The lowest BCUT2D eigenvalue weighted by Gasteiger charge is -1.90. The second-order valence-electron chi connectivity index (χ2n) is 2.30. The van der Waals surface area contributed by atoms with Gasteiger partial charge in [0, 0.05) is 11.8 Å². The van der Waals surface area contributed by atoms with Gasteiger partial charge in [-0.05, 0) is 12.1 Å². The van der Waals surface area contributed by atoms with E-state index in [2.05, 4.69) is 15.2 Å². The molecule has 1 aliphatic heterocycles. The van der Waals surface area contributed by atoms with Crippen LogP contribution in [0.2, 0.25) is 0 Å². The molecule has 1 aromatic rings. The van der Waals surface area contributed by atoms with E-state index in [1.807, 2.05) is 30.3 Å². The smallest absolute Gasteiger partial charge is 0.257 e. The molecule has 1 aliphatic rings. The standard InChI is InChI=1S/C8H5N3OS/c12-8-11-10-7(13-8)9-6-4-2-1-3-5-6/h1-5H. The van der Waals surface area contributed by atoms with Crippen LogP contribution < -0.4 is 0 Å². The number of benzene rings is 1. The first-order valence-electron chi connectivity index (χ1n) is 3.62. The average molecular weight is 191 g/mol. The Morgan fingerprint density at radius 3 is 2.54 bits per heavy atom. The van der Waals surface area contributed by atoms with Gasteiger partial charge >= 0.3 is 5.24 Å². The highest BCUT2D eigenvalue weighted by atomic mass is 32.2. The number of hydrogen-bond donors (Lipinski definition) is 0. The number of carbonyl (C=O) groups excluding carboxylic acids is 1. The van der Waals surface area contributed by atoms with Crippen molar-refractivity contribution >= 4 is 27.9 Å². The molecule has 0 radical (unpaired) electrons. The molecule has 1 aromatic carbocycles. The Balaban J connectivity index is 2.23. The molecule has 0 spiro atoms. The van der Waals surface area contributed by atoms with Gasteiger partial charge in [-0.3, -0.25) is 4.79 Å². The number of para-hydroxylation sites is 1. The summed E-state index contributed by atoms with van der Waals surface area (Å²) in [5.74, 6) is 0. The maximum atomic E-state index is 10.7. The van der Waals surface area contributed by atoms with Gasteiger partial charge in [0.05, 0.1) is 5.69 Å². The first kappa shape index (κ1) is 8.12. The number of nitrogens with zero attached hydrogens (tertiary/aromatic N) is 3. The molecule has 0 unspecified atom stereocenters. The van der Waals surface area contributed by atoms with Crippen molar-refractivity contribution in [1.29, 1.82) is 0 Å². The molecule has 0 aromatic heterocycles. The highest BCUT2D eigenvalue weighted by Gasteiger charge is 2.14. The summed E-state index contributed by atoms with van der Waals surface area (Å²) < 4.78 is 0. The largest absolute Gasteiger partial charge is 0.331 e. The monoisotopic (exact) mass is 191 g/mol. The molecule has 0 aliphatic carbocycles. The SMILES string of the molecule is O=C1N=NC(=Nc2ccccc2)S1. The Morgan fingerprint density at radius 1 is 1.15 bits per heavy atom. The Hall–Kier alpha value is -1.49. The minimum Gasteiger partial charge on any atom is -0.257 e. The summed E-state index contributed by atoms with van der Waals surface area (Å²) in [5, 5.41) is 7.02. The van der Waals surface area contributed by atoms with Crippen LogP contribution in [0, 0.1) is 0 Å². The zero-order valence-electron chi connectivity index (χ0n) is 6.54. The van der Waals surface area contributed by atoms with Crippen molar-refractivity contribution in [1.82, 2.24) is 0 Å². The van der Waals surface area contributed by atoms with Crippen LogP contribution in [0.3, 0.4) is 0 Å². The molecule has 0 saturated heterocycles. The van der Waals surface area contributed by atoms with E-state index < -0.39 is 0 Å². The zero-order valence-corrected chi connectivity index (χ0v) is 7.36. The number of amides is 1. The fourth-order valence-electron chi connectivity index (χ4n) is 0.861. The third-order valence-electron chi connectivity index (χ3n) is 1.38. The quantitative estimate of drug-likeness (QED) is 0.685. The van der Waals surface area contributed by atoms with Gasteiger partial charge in [-0.2, -0.15) is 0 Å². The molecule has 2 rings (SSSR count). The predicted molar refractivity (Wildman–Crippen MR) is 51.4 cm³/mol. The maximum Gasteiger partial charge on any atom is 0.331 e. The van der Waals surface area contributed by atoms with E-state index >= 15 is 0 Å². The van der Waals surface area contributed by atoms with E-state index in [0.29, 0.717) is 5.17 Å². The minimum absolute atomic E-state index is 0.310. The second kappa shape index (κ2) is 3.49. The fraction of sp³-hybridized carbons (Fsp3) is 0. The number of rotatable bonds is 1. The van der Waals surface area contributed by atoms with Crippen molar-refractivity contribution in [3.8, 4) is 0 Å². The molecule has 4 nitrogen and oxygen atoms in total. The molecule has 64 valence electrons. The van der Waals surface area contributed by atoms with Crippen LogP contribution in [0.1, 0.15) is 0 Å². The van der Waals surface area contributed by atoms with E-state index in [0.717, 1.165) is 17.4 Å². The van der Waals surface area contributed by atoms with Crippen LogP contribution in [0.15, 0.2) is 45.6 Å². The molecule has 0 atom stereocenters. The van der Waals surface area contributed by atoms with Crippen LogP contribution in [0.4, 0.5) is 10.5 Å². The van der Waals surface area contributed by atoms with E-state index in [-0.39, 0.29) is 5.24 Å². The van der Waals surface area contributed by atoms with Crippen molar-refractivity contribution < 1.29 is 4.79 Å². The minimum atomic E-state index is -0.310. The van der Waals surface area contributed by atoms with Gasteiger partial charge in [0.2, 0.25) is 5.17 Å². The van der Waals surface area contributed by atoms with Crippen LogP contribution >= 0.6 is 11.8 Å². The lowest BCUT2D eigenvalue weighted by molar-refractivity contribution is 0.267. The van der Waals surface area contributed by atoms with E-state index in [9.17, 15) is 4.79 Å². The highest BCUT2D eigenvalue weighted by molar-refractivity contribution is 8.26. The van der Waals surface area contributed by atoms with Gasteiger partial charge in [-0.15, -0.1) is 5.11 Å². The topological polar surface area (TPSA) is 54.1 Å². The van der Waals surface area contributed by atoms with Gasteiger partial charge in [0.1, 0.15) is 0 Å².